The molecule has 112 valence electrons. The zero-order chi connectivity index (χ0) is 15.2. The van der Waals surface area contributed by atoms with Gasteiger partial charge in [-0.05, 0) is 30.0 Å². The Balaban J connectivity index is 2.56. The summed E-state index contributed by atoms with van der Waals surface area (Å²) in [6, 6.07) is 4.03. The van der Waals surface area contributed by atoms with E-state index in [2.05, 4.69) is 26.1 Å². The number of nitrogens with two attached hydrogens (primary N) is 1. The van der Waals surface area contributed by atoms with E-state index in [1.807, 2.05) is 0 Å². The Kier molecular flexibility index (Phi) is 5.99. The summed E-state index contributed by atoms with van der Waals surface area (Å²) in [5, 5.41) is 2.80. The fraction of sp³-hybridized carbons (Fsp3) is 0.562. The Bertz CT molecular complexity index is 458. The standard InChI is InChI=1S/C16H25FN2O/c1-4-5-6-9-16(2,3)11-19-15(20)13-10-12(18)7-8-14(13)17/h7-8,10H,4-6,9,11,18H2,1-3H3,(H,19,20). The molecule has 0 fully saturated rings. The van der Waals surface area contributed by atoms with E-state index in [0.717, 1.165) is 12.8 Å². The first kappa shape index (κ1) is 16.5. The van der Waals surface area contributed by atoms with Crippen LogP contribution in [-0.2, 0) is 0 Å². The van der Waals surface area contributed by atoms with E-state index in [9.17, 15) is 9.18 Å². The van der Waals surface area contributed by atoms with E-state index in [1.54, 1.807) is 0 Å². The maximum Gasteiger partial charge on any atom is 0.254 e. The summed E-state index contributed by atoms with van der Waals surface area (Å²) in [5.41, 5.74) is 5.99. The summed E-state index contributed by atoms with van der Waals surface area (Å²) < 4.78 is 13.6. The molecule has 1 amide bonds. The third-order valence-electron chi connectivity index (χ3n) is 3.42. The molecule has 0 aliphatic rings. The van der Waals surface area contributed by atoms with Gasteiger partial charge in [0.05, 0.1) is 5.56 Å². The summed E-state index contributed by atoms with van der Waals surface area (Å²) in [5.74, 6) is -0.946. The molecule has 0 radical (unpaired) electrons. The van der Waals surface area contributed by atoms with Gasteiger partial charge in [0.2, 0.25) is 0 Å². The Morgan fingerprint density at radius 3 is 2.70 bits per heavy atom. The first-order chi connectivity index (χ1) is 9.35. The first-order valence-electron chi connectivity index (χ1n) is 7.19. The molecule has 0 aliphatic carbocycles. The zero-order valence-electron chi connectivity index (χ0n) is 12.6. The Hall–Kier alpha value is -1.58. The molecule has 20 heavy (non-hydrogen) atoms. The SMILES string of the molecule is CCCCCC(C)(C)CNC(=O)c1cc(N)ccc1F. The van der Waals surface area contributed by atoms with Gasteiger partial charge in [-0.3, -0.25) is 4.79 Å². The van der Waals surface area contributed by atoms with E-state index < -0.39 is 11.7 Å². The van der Waals surface area contributed by atoms with Gasteiger partial charge in [0, 0.05) is 12.2 Å². The van der Waals surface area contributed by atoms with Crippen LogP contribution in [0.2, 0.25) is 0 Å². The molecule has 4 heteroatoms. The van der Waals surface area contributed by atoms with Crippen molar-refractivity contribution in [3.63, 3.8) is 0 Å². The van der Waals surface area contributed by atoms with Gasteiger partial charge in [-0.1, -0.05) is 40.0 Å². The van der Waals surface area contributed by atoms with Crippen LogP contribution < -0.4 is 11.1 Å². The number of amides is 1. The molecule has 0 atom stereocenters. The maximum absolute atomic E-state index is 13.6. The van der Waals surface area contributed by atoms with Crippen molar-refractivity contribution in [3.8, 4) is 0 Å². The van der Waals surface area contributed by atoms with Gasteiger partial charge in [-0.15, -0.1) is 0 Å². The van der Waals surface area contributed by atoms with Gasteiger partial charge in [0.25, 0.3) is 5.91 Å². The average molecular weight is 280 g/mol. The number of nitrogen functional groups attached to an aromatic ring is 1. The average Bonchev–Trinajstić information content (AvgIpc) is 2.39. The second-order valence-electron chi connectivity index (χ2n) is 6.04. The number of nitrogens with one attached hydrogen (secondary N) is 1. The number of rotatable bonds is 7. The molecule has 3 nitrogen and oxygen atoms in total. The van der Waals surface area contributed by atoms with Crippen molar-refractivity contribution >= 4 is 11.6 Å². The third-order valence-corrected chi connectivity index (χ3v) is 3.42. The molecule has 0 bridgehead atoms. The molecule has 1 rings (SSSR count). The van der Waals surface area contributed by atoms with Gasteiger partial charge < -0.3 is 11.1 Å². The molecule has 0 spiro atoms. The lowest BCUT2D eigenvalue weighted by Gasteiger charge is -2.25. The second-order valence-corrected chi connectivity index (χ2v) is 6.04. The van der Waals surface area contributed by atoms with Gasteiger partial charge in [0.1, 0.15) is 5.82 Å². The van der Waals surface area contributed by atoms with E-state index in [4.69, 9.17) is 5.73 Å². The van der Waals surface area contributed by atoms with E-state index >= 15 is 0 Å². The minimum atomic E-state index is -0.541. The summed E-state index contributed by atoms with van der Waals surface area (Å²) in [4.78, 5) is 12.0. The number of anilines is 1. The number of hydrogen-bond acceptors (Lipinski definition) is 2. The zero-order valence-corrected chi connectivity index (χ0v) is 12.6. The van der Waals surface area contributed by atoms with Gasteiger partial charge >= 0.3 is 0 Å². The molecule has 0 heterocycles. The lowest BCUT2D eigenvalue weighted by atomic mass is 9.87. The first-order valence-corrected chi connectivity index (χ1v) is 7.19. The normalized spacial score (nSPS) is 11.4. The molecular formula is C16H25FN2O. The minimum Gasteiger partial charge on any atom is -0.399 e. The second kappa shape index (κ2) is 7.27. The number of halogens is 1. The highest BCUT2D eigenvalue weighted by molar-refractivity contribution is 5.95. The fourth-order valence-corrected chi connectivity index (χ4v) is 2.07. The summed E-state index contributed by atoms with van der Waals surface area (Å²) in [6.45, 7) is 6.92. The van der Waals surface area contributed by atoms with Crippen molar-refractivity contribution in [1.82, 2.24) is 5.32 Å². The summed E-state index contributed by atoms with van der Waals surface area (Å²) in [6.07, 6.45) is 4.56. The highest BCUT2D eigenvalue weighted by Crippen LogP contribution is 2.23. The fourth-order valence-electron chi connectivity index (χ4n) is 2.07. The Labute approximate surface area is 120 Å². The molecule has 1 aromatic carbocycles. The lowest BCUT2D eigenvalue weighted by molar-refractivity contribution is 0.0930. The van der Waals surface area contributed by atoms with Crippen molar-refractivity contribution < 1.29 is 9.18 Å². The van der Waals surface area contributed by atoms with Crippen molar-refractivity contribution in [3.05, 3.63) is 29.6 Å². The van der Waals surface area contributed by atoms with Crippen molar-refractivity contribution in [1.29, 1.82) is 0 Å². The predicted octanol–water partition coefficient (Wildman–Crippen LogP) is 3.74. The molecule has 3 N–H and O–H groups in total. The van der Waals surface area contributed by atoms with Crippen molar-refractivity contribution in [2.24, 2.45) is 5.41 Å². The quantitative estimate of drug-likeness (QED) is 0.590. The topological polar surface area (TPSA) is 55.1 Å². The predicted molar refractivity (Wildman–Crippen MR) is 81.1 cm³/mol. The van der Waals surface area contributed by atoms with Crippen LogP contribution in [0.15, 0.2) is 18.2 Å². The van der Waals surface area contributed by atoms with Gasteiger partial charge in [0.15, 0.2) is 0 Å². The molecule has 0 aliphatic heterocycles. The van der Waals surface area contributed by atoms with Crippen LogP contribution in [0.25, 0.3) is 0 Å². The summed E-state index contributed by atoms with van der Waals surface area (Å²) in [7, 11) is 0. The van der Waals surface area contributed by atoms with Crippen LogP contribution in [0.1, 0.15) is 56.8 Å². The molecule has 0 unspecified atom stereocenters. The molecular weight excluding hydrogens is 255 g/mol. The maximum atomic E-state index is 13.6. The molecule has 0 saturated heterocycles. The largest absolute Gasteiger partial charge is 0.399 e. The Morgan fingerprint density at radius 2 is 2.05 bits per heavy atom. The molecule has 0 aromatic heterocycles. The van der Waals surface area contributed by atoms with Crippen LogP contribution in [0.3, 0.4) is 0 Å². The molecule has 1 aromatic rings. The monoisotopic (exact) mass is 280 g/mol. The van der Waals surface area contributed by atoms with Gasteiger partial charge in [-0.2, -0.15) is 0 Å². The van der Waals surface area contributed by atoms with E-state index in [0.29, 0.717) is 12.2 Å². The highest BCUT2D eigenvalue weighted by Gasteiger charge is 2.20. The van der Waals surface area contributed by atoms with E-state index in [-0.39, 0.29) is 11.0 Å². The number of carbonyl (C=O) groups excluding carboxylic acids is 1. The highest BCUT2D eigenvalue weighted by atomic mass is 19.1. The van der Waals surface area contributed by atoms with Crippen LogP contribution >= 0.6 is 0 Å². The number of unbranched alkanes of at least 4 members (excludes halogenated alkanes) is 2. The van der Waals surface area contributed by atoms with Gasteiger partial charge in [-0.25, -0.2) is 4.39 Å². The lowest BCUT2D eigenvalue weighted by Crippen LogP contribution is -2.34. The van der Waals surface area contributed by atoms with Crippen LogP contribution in [-0.4, -0.2) is 12.5 Å². The van der Waals surface area contributed by atoms with Crippen LogP contribution in [0, 0.1) is 11.2 Å². The molecule has 0 saturated carbocycles. The van der Waals surface area contributed by atoms with Crippen molar-refractivity contribution in [2.45, 2.75) is 46.5 Å². The minimum absolute atomic E-state index is 0.00866. The summed E-state index contributed by atoms with van der Waals surface area (Å²) >= 11 is 0. The smallest absolute Gasteiger partial charge is 0.254 e. The third kappa shape index (κ3) is 5.19. The van der Waals surface area contributed by atoms with Crippen LogP contribution in [0.4, 0.5) is 10.1 Å². The van der Waals surface area contributed by atoms with Crippen molar-refractivity contribution in [2.75, 3.05) is 12.3 Å². The van der Waals surface area contributed by atoms with E-state index in [1.165, 1.54) is 31.0 Å². The number of carbonyl (C=O) groups is 1. The Morgan fingerprint density at radius 1 is 1.35 bits per heavy atom. The number of benzene rings is 1. The van der Waals surface area contributed by atoms with Crippen LogP contribution in [0.5, 0.6) is 0 Å². The number of hydrogen-bond donors (Lipinski definition) is 2.